The maximum absolute atomic E-state index is 12.1. The number of rotatable bonds is 4. The zero-order valence-corrected chi connectivity index (χ0v) is 11.9. The molecule has 1 aromatic heterocycles. The maximum atomic E-state index is 12.1. The molecule has 0 fully saturated rings. The Kier molecular flexibility index (Phi) is 4.44. The van der Waals surface area contributed by atoms with Gasteiger partial charge in [-0.2, -0.15) is 0 Å². The van der Waals surface area contributed by atoms with Gasteiger partial charge in [0.15, 0.2) is 0 Å². The zero-order chi connectivity index (χ0) is 15.4. The van der Waals surface area contributed by atoms with Crippen LogP contribution in [0.25, 0.3) is 0 Å². The number of amides is 2. The number of carbonyl (C=O) groups is 2. The number of carboxylic acid groups (broad SMARTS) is 1. The van der Waals surface area contributed by atoms with E-state index in [0.29, 0.717) is 10.8 Å². The first-order valence-electron chi connectivity index (χ1n) is 6.00. The number of aromatic amines is 1. The fourth-order valence-corrected chi connectivity index (χ4v) is 1.87. The quantitative estimate of drug-likeness (QED) is 0.807. The minimum atomic E-state index is -1.14. The van der Waals surface area contributed by atoms with Crippen LogP contribution in [0.15, 0.2) is 30.6 Å². The summed E-state index contributed by atoms with van der Waals surface area (Å²) in [4.78, 5) is 31.4. The average molecular weight is 309 g/mol. The Labute approximate surface area is 125 Å². The molecule has 21 heavy (non-hydrogen) atoms. The molecule has 0 saturated carbocycles. The summed E-state index contributed by atoms with van der Waals surface area (Å²) in [5, 5.41) is 12.0. The van der Waals surface area contributed by atoms with E-state index >= 15 is 0 Å². The Morgan fingerprint density at radius 1 is 1.48 bits per heavy atom. The second kappa shape index (κ2) is 6.27. The molecule has 0 aliphatic rings. The van der Waals surface area contributed by atoms with Crippen molar-refractivity contribution in [3.63, 3.8) is 0 Å². The molecule has 0 aliphatic heterocycles. The molecule has 110 valence electrons. The van der Waals surface area contributed by atoms with Crippen LogP contribution in [0.4, 0.5) is 10.5 Å². The monoisotopic (exact) mass is 308 g/mol. The molecule has 0 saturated heterocycles. The van der Waals surface area contributed by atoms with Gasteiger partial charge >= 0.3 is 12.0 Å². The molecule has 3 N–H and O–H groups in total. The second-order valence-electron chi connectivity index (χ2n) is 4.32. The standard InChI is InChI=1S/C13H13ClN4O3/c1-18(7-11-15-4-5-16-11)13(21)17-10-6-8(14)2-3-9(10)12(19)20/h2-6H,7H2,1H3,(H,15,16)(H,17,21)(H,19,20). The van der Waals surface area contributed by atoms with Crippen molar-refractivity contribution >= 4 is 29.3 Å². The number of hydrogen-bond donors (Lipinski definition) is 3. The summed E-state index contributed by atoms with van der Waals surface area (Å²) in [5.74, 6) is -0.521. The lowest BCUT2D eigenvalue weighted by atomic mass is 10.2. The minimum absolute atomic E-state index is 0.0286. The van der Waals surface area contributed by atoms with Crippen molar-refractivity contribution < 1.29 is 14.7 Å². The molecule has 0 bridgehead atoms. The molecule has 1 heterocycles. The average Bonchev–Trinajstić information content (AvgIpc) is 2.91. The number of carboxylic acids is 1. The number of carbonyl (C=O) groups excluding carboxylic acids is 1. The van der Waals surface area contributed by atoms with Crippen LogP contribution in [0.1, 0.15) is 16.2 Å². The van der Waals surface area contributed by atoms with E-state index in [9.17, 15) is 9.59 Å². The van der Waals surface area contributed by atoms with Gasteiger partial charge in [-0.3, -0.25) is 0 Å². The first kappa shape index (κ1) is 14.9. The normalized spacial score (nSPS) is 10.2. The lowest BCUT2D eigenvalue weighted by Gasteiger charge is -2.17. The molecule has 7 nitrogen and oxygen atoms in total. The Balaban J connectivity index is 2.11. The first-order valence-corrected chi connectivity index (χ1v) is 6.38. The predicted molar refractivity (Wildman–Crippen MR) is 77.5 cm³/mol. The first-order chi connectivity index (χ1) is 9.97. The molecule has 2 aromatic rings. The highest BCUT2D eigenvalue weighted by Gasteiger charge is 2.16. The molecule has 0 radical (unpaired) electrons. The van der Waals surface area contributed by atoms with E-state index in [1.165, 1.54) is 23.1 Å². The van der Waals surface area contributed by atoms with Crippen molar-refractivity contribution in [1.29, 1.82) is 0 Å². The molecule has 0 atom stereocenters. The Bertz CT molecular complexity index is 657. The van der Waals surface area contributed by atoms with Gasteiger partial charge in [-0.15, -0.1) is 0 Å². The number of H-pyrrole nitrogens is 1. The van der Waals surface area contributed by atoms with Gasteiger partial charge in [-0.25, -0.2) is 14.6 Å². The van der Waals surface area contributed by atoms with E-state index in [2.05, 4.69) is 15.3 Å². The number of urea groups is 1. The largest absolute Gasteiger partial charge is 0.478 e. The summed E-state index contributed by atoms with van der Waals surface area (Å²) >= 11 is 5.83. The molecule has 0 spiro atoms. The van der Waals surface area contributed by atoms with Crippen LogP contribution in [0.2, 0.25) is 5.02 Å². The summed E-state index contributed by atoms with van der Waals surface area (Å²) in [5.41, 5.74) is 0.116. The number of nitrogens with zero attached hydrogens (tertiary/aromatic N) is 2. The summed E-state index contributed by atoms with van der Waals surface area (Å²) in [6.07, 6.45) is 3.24. The number of imidazole rings is 1. The molecule has 0 unspecified atom stereocenters. The highest BCUT2D eigenvalue weighted by Crippen LogP contribution is 2.21. The van der Waals surface area contributed by atoms with Crippen molar-refractivity contribution in [2.24, 2.45) is 0 Å². The predicted octanol–water partition coefficient (Wildman–Crippen LogP) is 2.43. The second-order valence-corrected chi connectivity index (χ2v) is 4.75. The molecule has 8 heteroatoms. The van der Waals surface area contributed by atoms with Crippen LogP contribution < -0.4 is 5.32 Å². The van der Waals surface area contributed by atoms with E-state index in [0.717, 1.165) is 0 Å². The van der Waals surface area contributed by atoms with Gasteiger partial charge in [0.1, 0.15) is 5.82 Å². The van der Waals surface area contributed by atoms with Gasteiger partial charge in [0.2, 0.25) is 0 Å². The number of aromatic carboxylic acids is 1. The van der Waals surface area contributed by atoms with Crippen molar-refractivity contribution in [3.05, 3.63) is 47.0 Å². The summed E-state index contributed by atoms with van der Waals surface area (Å²) in [7, 11) is 1.57. The van der Waals surface area contributed by atoms with Gasteiger partial charge in [0.05, 0.1) is 17.8 Å². The molecular weight excluding hydrogens is 296 g/mol. The Morgan fingerprint density at radius 3 is 2.86 bits per heavy atom. The van der Waals surface area contributed by atoms with E-state index in [-0.39, 0.29) is 17.8 Å². The third-order valence-electron chi connectivity index (χ3n) is 2.74. The van der Waals surface area contributed by atoms with E-state index in [1.807, 2.05) is 0 Å². The smallest absolute Gasteiger partial charge is 0.337 e. The van der Waals surface area contributed by atoms with Gasteiger partial charge in [0, 0.05) is 24.5 Å². The van der Waals surface area contributed by atoms with Crippen LogP contribution in [0.3, 0.4) is 0 Å². The van der Waals surface area contributed by atoms with Gasteiger partial charge in [-0.05, 0) is 18.2 Å². The zero-order valence-electron chi connectivity index (χ0n) is 11.1. The number of benzene rings is 1. The van der Waals surface area contributed by atoms with Crippen LogP contribution in [0, 0.1) is 0 Å². The molecular formula is C13H13ClN4O3. The van der Waals surface area contributed by atoms with Crippen molar-refractivity contribution in [3.8, 4) is 0 Å². The topological polar surface area (TPSA) is 98.3 Å². The van der Waals surface area contributed by atoms with Gasteiger partial charge in [-0.1, -0.05) is 11.6 Å². The third kappa shape index (κ3) is 3.73. The van der Waals surface area contributed by atoms with Crippen LogP contribution in [-0.2, 0) is 6.54 Å². The molecule has 1 aromatic carbocycles. The van der Waals surface area contributed by atoms with Crippen molar-refractivity contribution in [2.45, 2.75) is 6.54 Å². The molecule has 0 aliphatic carbocycles. The lowest BCUT2D eigenvalue weighted by molar-refractivity contribution is 0.0698. The van der Waals surface area contributed by atoms with E-state index < -0.39 is 12.0 Å². The molecule has 2 amide bonds. The molecule has 2 rings (SSSR count). The number of hydrogen-bond acceptors (Lipinski definition) is 3. The minimum Gasteiger partial charge on any atom is -0.478 e. The highest BCUT2D eigenvalue weighted by molar-refractivity contribution is 6.31. The number of nitrogens with one attached hydrogen (secondary N) is 2. The number of halogens is 1. The maximum Gasteiger partial charge on any atom is 0.337 e. The third-order valence-corrected chi connectivity index (χ3v) is 2.98. The number of aromatic nitrogens is 2. The van der Waals surface area contributed by atoms with Crippen molar-refractivity contribution in [1.82, 2.24) is 14.9 Å². The van der Waals surface area contributed by atoms with Crippen LogP contribution in [-0.4, -0.2) is 39.0 Å². The van der Waals surface area contributed by atoms with Gasteiger partial charge < -0.3 is 20.3 Å². The van der Waals surface area contributed by atoms with E-state index in [4.69, 9.17) is 16.7 Å². The highest BCUT2D eigenvalue weighted by atomic mass is 35.5. The summed E-state index contributed by atoms with van der Waals surface area (Å²) in [6.45, 7) is 0.266. The Hall–Kier alpha value is -2.54. The SMILES string of the molecule is CN(Cc1ncc[nH]1)C(=O)Nc1cc(Cl)ccc1C(=O)O. The fourth-order valence-electron chi connectivity index (χ4n) is 1.70. The number of anilines is 1. The van der Waals surface area contributed by atoms with Crippen molar-refractivity contribution in [2.75, 3.05) is 12.4 Å². The van der Waals surface area contributed by atoms with Gasteiger partial charge in [0.25, 0.3) is 0 Å². The fraction of sp³-hybridized carbons (Fsp3) is 0.154. The van der Waals surface area contributed by atoms with E-state index in [1.54, 1.807) is 19.4 Å². The summed E-state index contributed by atoms with van der Waals surface area (Å²) in [6, 6.07) is 3.72. The summed E-state index contributed by atoms with van der Waals surface area (Å²) < 4.78 is 0. The van der Waals surface area contributed by atoms with Crippen LogP contribution in [0.5, 0.6) is 0 Å². The lowest BCUT2D eigenvalue weighted by Crippen LogP contribution is -2.31. The van der Waals surface area contributed by atoms with Crippen LogP contribution >= 0.6 is 11.6 Å². The Morgan fingerprint density at radius 2 is 2.24 bits per heavy atom.